The summed E-state index contributed by atoms with van der Waals surface area (Å²) in [6.07, 6.45) is -0.981. The molecule has 2 unspecified atom stereocenters. The second-order valence-electron chi connectivity index (χ2n) is 7.92. The van der Waals surface area contributed by atoms with Crippen LogP contribution >= 0.6 is 0 Å². The average molecular weight is 409 g/mol. The molecule has 0 aromatic heterocycles. The minimum Gasteiger partial charge on any atom is -0.384 e. The van der Waals surface area contributed by atoms with Crippen LogP contribution in [0.15, 0.2) is 42.5 Å². The molecule has 0 radical (unpaired) electrons. The van der Waals surface area contributed by atoms with Crippen LogP contribution in [0.1, 0.15) is 46.9 Å². The molecule has 2 aromatic rings. The van der Waals surface area contributed by atoms with E-state index >= 15 is 0 Å². The molecule has 1 N–H and O–H groups in total. The molecule has 0 bridgehead atoms. The van der Waals surface area contributed by atoms with Crippen molar-refractivity contribution in [1.29, 1.82) is 0 Å². The normalized spacial score (nSPS) is 20.5. The van der Waals surface area contributed by atoms with E-state index < -0.39 is 21.6 Å². The van der Waals surface area contributed by atoms with E-state index in [0.29, 0.717) is 12.5 Å². The summed E-state index contributed by atoms with van der Waals surface area (Å²) in [5.41, 5.74) is 2.98. The van der Waals surface area contributed by atoms with Crippen LogP contribution in [-0.4, -0.2) is 21.2 Å². The molecule has 4 rings (SSSR count). The number of halogens is 3. The Morgan fingerprint density at radius 3 is 2.36 bits per heavy atom. The van der Waals surface area contributed by atoms with Crippen LogP contribution in [0.4, 0.5) is 18.9 Å². The standard InChI is InChI=1S/C21H22F3NO2S/c1-28(26,27)12-15-3-2-4-17-18(11-25-20(15)17)19(13-5-6-13)14-7-9-16(10-8-14)21(22,23)24/h2-4,7-10,13,18-19,25H,5-6,11-12H2,1H3. The van der Waals surface area contributed by atoms with Crippen molar-refractivity contribution >= 4 is 15.5 Å². The Morgan fingerprint density at radius 1 is 1.11 bits per heavy atom. The molecule has 1 aliphatic carbocycles. The van der Waals surface area contributed by atoms with Gasteiger partial charge in [-0.3, -0.25) is 0 Å². The molecule has 0 saturated heterocycles. The fourth-order valence-corrected chi connectivity index (χ4v) is 5.18. The summed E-state index contributed by atoms with van der Waals surface area (Å²) < 4.78 is 62.2. The van der Waals surface area contributed by atoms with Gasteiger partial charge in [-0.2, -0.15) is 13.2 Å². The number of alkyl halides is 3. The van der Waals surface area contributed by atoms with E-state index in [0.717, 1.165) is 47.4 Å². The van der Waals surface area contributed by atoms with Gasteiger partial charge >= 0.3 is 6.18 Å². The number of hydrogen-bond acceptors (Lipinski definition) is 3. The van der Waals surface area contributed by atoms with E-state index in [9.17, 15) is 21.6 Å². The van der Waals surface area contributed by atoms with Gasteiger partial charge in [-0.1, -0.05) is 30.3 Å². The highest BCUT2D eigenvalue weighted by molar-refractivity contribution is 7.89. The van der Waals surface area contributed by atoms with Crippen molar-refractivity contribution in [3.05, 3.63) is 64.7 Å². The topological polar surface area (TPSA) is 46.2 Å². The van der Waals surface area contributed by atoms with Crippen molar-refractivity contribution < 1.29 is 21.6 Å². The summed E-state index contributed by atoms with van der Waals surface area (Å²) in [6.45, 7) is 0.665. The van der Waals surface area contributed by atoms with Gasteiger partial charge in [0.2, 0.25) is 0 Å². The molecule has 2 aliphatic rings. The van der Waals surface area contributed by atoms with Crippen LogP contribution in [0.2, 0.25) is 0 Å². The van der Waals surface area contributed by atoms with Gasteiger partial charge in [-0.15, -0.1) is 0 Å². The third-order valence-electron chi connectivity index (χ3n) is 5.69. The first-order valence-electron chi connectivity index (χ1n) is 9.34. The van der Waals surface area contributed by atoms with Gasteiger partial charge in [-0.05, 0) is 53.5 Å². The average Bonchev–Trinajstić information content (AvgIpc) is 3.34. The number of para-hydroxylation sites is 1. The molecule has 3 nitrogen and oxygen atoms in total. The SMILES string of the molecule is CS(=O)(=O)Cc1cccc2c1NCC2C(c1ccc(C(F)(F)F)cc1)C1CC1. The predicted molar refractivity (Wildman–Crippen MR) is 103 cm³/mol. The summed E-state index contributed by atoms with van der Waals surface area (Å²) in [7, 11) is -3.16. The van der Waals surface area contributed by atoms with Crippen molar-refractivity contribution in [3.63, 3.8) is 0 Å². The van der Waals surface area contributed by atoms with Crippen LogP contribution in [0.3, 0.4) is 0 Å². The second-order valence-corrected chi connectivity index (χ2v) is 10.1. The van der Waals surface area contributed by atoms with Crippen molar-refractivity contribution in [1.82, 2.24) is 0 Å². The van der Waals surface area contributed by atoms with Gasteiger partial charge in [0.05, 0.1) is 11.3 Å². The Balaban J connectivity index is 1.68. The minimum atomic E-state index is -4.34. The van der Waals surface area contributed by atoms with Gasteiger partial charge in [0, 0.05) is 24.4 Å². The molecule has 0 spiro atoms. The van der Waals surface area contributed by atoms with Crippen molar-refractivity contribution in [2.75, 3.05) is 18.1 Å². The minimum absolute atomic E-state index is 0.0235. The fraction of sp³-hybridized carbons (Fsp3) is 0.429. The van der Waals surface area contributed by atoms with Crippen LogP contribution in [0, 0.1) is 5.92 Å². The van der Waals surface area contributed by atoms with Crippen LogP contribution in [0.25, 0.3) is 0 Å². The summed E-state index contributed by atoms with van der Waals surface area (Å²) >= 11 is 0. The third kappa shape index (κ3) is 3.90. The van der Waals surface area contributed by atoms with Crippen molar-refractivity contribution in [3.8, 4) is 0 Å². The zero-order valence-electron chi connectivity index (χ0n) is 15.5. The maximum atomic E-state index is 12.9. The summed E-state index contributed by atoms with van der Waals surface area (Å²) in [6, 6.07) is 11.2. The zero-order chi connectivity index (χ0) is 20.1. The van der Waals surface area contributed by atoms with E-state index in [2.05, 4.69) is 5.32 Å². The second kappa shape index (κ2) is 6.79. The monoisotopic (exact) mass is 409 g/mol. The number of rotatable bonds is 5. The molecule has 150 valence electrons. The third-order valence-corrected chi connectivity index (χ3v) is 6.52. The molecule has 2 atom stereocenters. The first-order valence-corrected chi connectivity index (χ1v) is 11.4. The highest BCUT2D eigenvalue weighted by atomic mass is 32.2. The molecule has 0 amide bonds. The Hall–Kier alpha value is -2.02. The van der Waals surface area contributed by atoms with Gasteiger partial charge in [0.1, 0.15) is 0 Å². The van der Waals surface area contributed by atoms with Crippen LogP contribution in [-0.2, 0) is 21.8 Å². The predicted octanol–water partition coefficient (Wildman–Crippen LogP) is 4.95. The molecule has 1 saturated carbocycles. The van der Waals surface area contributed by atoms with Crippen molar-refractivity contribution in [2.45, 2.75) is 36.6 Å². The molecule has 1 fully saturated rings. The quantitative estimate of drug-likeness (QED) is 0.760. The van der Waals surface area contributed by atoms with Crippen molar-refractivity contribution in [2.24, 2.45) is 5.92 Å². The van der Waals surface area contributed by atoms with Crippen LogP contribution < -0.4 is 5.32 Å². The number of hydrogen-bond donors (Lipinski definition) is 1. The lowest BCUT2D eigenvalue weighted by Crippen LogP contribution is -2.16. The van der Waals surface area contributed by atoms with E-state index in [1.807, 2.05) is 18.2 Å². The molecule has 7 heteroatoms. The van der Waals surface area contributed by atoms with Gasteiger partial charge in [-0.25, -0.2) is 8.42 Å². The maximum Gasteiger partial charge on any atom is 0.416 e. The Bertz CT molecular complexity index is 980. The maximum absolute atomic E-state index is 12.9. The Kier molecular flexibility index (Phi) is 4.68. The number of sulfone groups is 1. The zero-order valence-corrected chi connectivity index (χ0v) is 16.3. The molecule has 1 aliphatic heterocycles. The summed E-state index contributed by atoms with van der Waals surface area (Å²) in [4.78, 5) is 0. The van der Waals surface area contributed by atoms with Gasteiger partial charge in [0.25, 0.3) is 0 Å². The number of nitrogens with one attached hydrogen (secondary N) is 1. The summed E-state index contributed by atoms with van der Waals surface area (Å²) in [5, 5.41) is 3.37. The van der Waals surface area contributed by atoms with E-state index in [-0.39, 0.29) is 17.6 Å². The highest BCUT2D eigenvalue weighted by Gasteiger charge is 2.41. The lowest BCUT2D eigenvalue weighted by atomic mass is 9.79. The number of fused-ring (bicyclic) bond motifs is 1. The number of anilines is 1. The lowest BCUT2D eigenvalue weighted by Gasteiger charge is -2.25. The molecular formula is C21H22F3NO2S. The molecule has 28 heavy (non-hydrogen) atoms. The smallest absolute Gasteiger partial charge is 0.384 e. The molecule has 1 heterocycles. The Labute approximate surface area is 162 Å². The first kappa shape index (κ1) is 19.3. The largest absolute Gasteiger partial charge is 0.416 e. The fourth-order valence-electron chi connectivity index (χ4n) is 4.37. The van der Waals surface area contributed by atoms with Crippen LogP contribution in [0.5, 0.6) is 0 Å². The van der Waals surface area contributed by atoms with E-state index in [1.165, 1.54) is 6.26 Å². The highest BCUT2D eigenvalue weighted by Crippen LogP contribution is 2.53. The lowest BCUT2D eigenvalue weighted by molar-refractivity contribution is -0.137. The van der Waals surface area contributed by atoms with Gasteiger partial charge < -0.3 is 5.32 Å². The molecule has 2 aromatic carbocycles. The summed E-state index contributed by atoms with van der Waals surface area (Å²) in [5.74, 6) is 0.681. The first-order chi connectivity index (χ1) is 13.1. The number of benzene rings is 2. The Morgan fingerprint density at radius 2 is 1.79 bits per heavy atom. The molecular weight excluding hydrogens is 387 g/mol. The van der Waals surface area contributed by atoms with Gasteiger partial charge in [0.15, 0.2) is 9.84 Å². The van der Waals surface area contributed by atoms with E-state index in [4.69, 9.17) is 0 Å². The van der Waals surface area contributed by atoms with E-state index in [1.54, 1.807) is 12.1 Å².